The Balaban J connectivity index is 1.52. The minimum absolute atomic E-state index is 0.186. The largest absolute Gasteiger partial charge is 0.394 e. The highest BCUT2D eigenvalue weighted by Gasteiger charge is 2.24. The predicted molar refractivity (Wildman–Crippen MR) is 140 cm³/mol. The number of aliphatic hydroxyl groups is 2. The number of pyridine rings is 1. The topological polar surface area (TPSA) is 103 Å². The summed E-state index contributed by atoms with van der Waals surface area (Å²) in [4.78, 5) is 27.1. The average Bonchev–Trinajstić information content (AvgIpc) is 3.34. The molecule has 4 rings (SSSR count). The molecule has 36 heavy (non-hydrogen) atoms. The van der Waals surface area contributed by atoms with E-state index in [2.05, 4.69) is 10.6 Å². The van der Waals surface area contributed by atoms with Gasteiger partial charge in [0.2, 0.25) is 0 Å². The van der Waals surface area contributed by atoms with E-state index in [-0.39, 0.29) is 25.0 Å². The van der Waals surface area contributed by atoms with E-state index in [9.17, 15) is 19.8 Å². The van der Waals surface area contributed by atoms with E-state index in [1.54, 1.807) is 17.6 Å². The first-order chi connectivity index (χ1) is 17.5. The van der Waals surface area contributed by atoms with Gasteiger partial charge in [-0.25, -0.2) is 0 Å². The molecule has 0 aliphatic carbocycles. The lowest BCUT2D eigenvalue weighted by atomic mass is 10.1. The Morgan fingerprint density at radius 3 is 1.92 bits per heavy atom. The van der Waals surface area contributed by atoms with Crippen molar-refractivity contribution >= 4 is 33.4 Å². The highest BCUT2D eigenvalue weighted by molar-refractivity contribution is 7.16. The molecule has 2 amide bonds. The van der Waals surface area contributed by atoms with Gasteiger partial charge < -0.3 is 20.8 Å². The van der Waals surface area contributed by atoms with Gasteiger partial charge in [0.15, 0.2) is 6.20 Å². The number of nitrogens with one attached hydrogen (secondary N) is 2. The van der Waals surface area contributed by atoms with Crippen molar-refractivity contribution in [1.82, 2.24) is 10.6 Å². The van der Waals surface area contributed by atoms with Crippen molar-refractivity contribution in [3.8, 4) is 0 Å². The molecule has 2 aromatic heterocycles. The molecule has 0 aliphatic heterocycles. The normalized spacial score (nSPS) is 12.8. The molecule has 2 atom stereocenters. The Morgan fingerprint density at radius 1 is 0.861 bits per heavy atom. The van der Waals surface area contributed by atoms with Gasteiger partial charge in [-0.2, -0.15) is 4.57 Å². The van der Waals surface area contributed by atoms with Gasteiger partial charge in [0.25, 0.3) is 16.6 Å². The Morgan fingerprint density at radius 2 is 1.39 bits per heavy atom. The maximum atomic E-state index is 13.1. The van der Waals surface area contributed by atoms with Gasteiger partial charge in [-0.1, -0.05) is 72.0 Å². The fourth-order valence-electron chi connectivity index (χ4n) is 4.18. The van der Waals surface area contributed by atoms with E-state index in [1.165, 1.54) is 11.3 Å². The van der Waals surface area contributed by atoms with Crippen LogP contribution in [0.4, 0.5) is 0 Å². The van der Waals surface area contributed by atoms with E-state index in [4.69, 9.17) is 0 Å². The first kappa shape index (κ1) is 25.5. The predicted octanol–water partition coefficient (Wildman–Crippen LogP) is 2.39. The minimum atomic E-state index is -0.436. The van der Waals surface area contributed by atoms with Crippen LogP contribution < -0.4 is 15.2 Å². The van der Waals surface area contributed by atoms with Crippen LogP contribution in [0.1, 0.15) is 31.8 Å². The Bertz CT molecular complexity index is 1320. The minimum Gasteiger partial charge on any atom is -0.394 e. The summed E-state index contributed by atoms with van der Waals surface area (Å²) in [6, 6.07) is 20.2. The fourth-order valence-corrected chi connectivity index (χ4v) is 5.16. The van der Waals surface area contributed by atoms with E-state index in [0.717, 1.165) is 16.0 Å². The summed E-state index contributed by atoms with van der Waals surface area (Å²) in [6.45, 7) is -0.376. The fraction of sp³-hybridized carbons (Fsp3) is 0.250. The van der Waals surface area contributed by atoms with Crippen LogP contribution in [0.25, 0.3) is 10.2 Å². The summed E-state index contributed by atoms with van der Waals surface area (Å²) in [5.74, 6) is -0.622. The van der Waals surface area contributed by atoms with Crippen LogP contribution in [0.3, 0.4) is 0 Å². The Kier molecular flexibility index (Phi) is 8.43. The number of thiophene rings is 1. The quantitative estimate of drug-likeness (QED) is 0.249. The van der Waals surface area contributed by atoms with Crippen molar-refractivity contribution in [3.63, 3.8) is 0 Å². The number of aryl methyl sites for hydroxylation is 1. The number of hydrogen-bond acceptors (Lipinski definition) is 5. The number of aliphatic hydroxyl groups excluding tert-OH is 2. The van der Waals surface area contributed by atoms with Gasteiger partial charge in [0, 0.05) is 5.38 Å². The lowest BCUT2D eigenvalue weighted by Gasteiger charge is -2.17. The first-order valence-corrected chi connectivity index (χ1v) is 12.7. The standard InChI is InChI=1S/C28H29N3O4S/c1-31-15-21(26(34)29-22(16-32)12-19-8-4-2-5-9-19)14-24-25(18-36-28(24)31)27(35)30-23(17-33)13-20-10-6-3-7-11-20/h2-11,14-15,18,22-23,32-33H,12-13,16-17H2,1H3,(H-,29,30,34,35)/p+1. The summed E-state index contributed by atoms with van der Waals surface area (Å²) in [6.07, 6.45) is 2.74. The number of fused-ring (bicyclic) bond motifs is 1. The van der Waals surface area contributed by atoms with Gasteiger partial charge in [-0.15, -0.1) is 0 Å². The molecule has 8 heteroatoms. The van der Waals surface area contributed by atoms with E-state index < -0.39 is 12.1 Å². The van der Waals surface area contributed by atoms with Crippen LogP contribution in [0.2, 0.25) is 0 Å². The van der Waals surface area contributed by atoms with E-state index in [0.29, 0.717) is 29.4 Å². The van der Waals surface area contributed by atoms with Crippen molar-refractivity contribution < 1.29 is 24.4 Å². The second-order valence-electron chi connectivity index (χ2n) is 8.79. The number of rotatable bonds is 10. The zero-order valence-electron chi connectivity index (χ0n) is 20.1. The maximum absolute atomic E-state index is 13.1. The molecular formula is C28H30N3O4S+. The van der Waals surface area contributed by atoms with Gasteiger partial charge in [-0.05, 0) is 30.0 Å². The highest BCUT2D eigenvalue weighted by Crippen LogP contribution is 2.24. The molecule has 0 saturated carbocycles. The van der Waals surface area contributed by atoms with E-state index >= 15 is 0 Å². The van der Waals surface area contributed by atoms with Gasteiger partial charge in [0.1, 0.15) is 12.6 Å². The summed E-state index contributed by atoms with van der Waals surface area (Å²) in [5.41, 5.74) is 2.89. The van der Waals surface area contributed by atoms with Crippen molar-refractivity contribution in [2.45, 2.75) is 24.9 Å². The van der Waals surface area contributed by atoms with Crippen molar-refractivity contribution in [1.29, 1.82) is 0 Å². The summed E-state index contributed by atoms with van der Waals surface area (Å²) >= 11 is 1.42. The molecule has 2 heterocycles. The Labute approximate surface area is 214 Å². The molecule has 0 spiro atoms. The molecule has 186 valence electrons. The number of nitrogens with zero attached hydrogens (tertiary/aromatic N) is 1. The zero-order chi connectivity index (χ0) is 25.5. The molecular weight excluding hydrogens is 474 g/mol. The molecule has 0 bridgehead atoms. The number of benzene rings is 2. The summed E-state index contributed by atoms with van der Waals surface area (Å²) in [5, 5.41) is 27.9. The number of aromatic nitrogens is 1. The van der Waals surface area contributed by atoms with Crippen LogP contribution in [-0.4, -0.2) is 47.3 Å². The molecule has 2 aromatic carbocycles. The number of hydrogen-bond donors (Lipinski definition) is 4. The van der Waals surface area contributed by atoms with Gasteiger partial charge in [0.05, 0.1) is 36.2 Å². The third-order valence-electron chi connectivity index (χ3n) is 6.03. The summed E-state index contributed by atoms with van der Waals surface area (Å²) in [7, 11) is 1.83. The highest BCUT2D eigenvalue weighted by atomic mass is 32.1. The number of carbonyl (C=O) groups excluding carboxylic acids is 2. The van der Waals surface area contributed by atoms with Crippen molar-refractivity contribution in [2.24, 2.45) is 7.05 Å². The second-order valence-corrected chi connectivity index (χ2v) is 9.65. The molecule has 7 nitrogen and oxygen atoms in total. The van der Waals surface area contributed by atoms with Crippen molar-refractivity contribution in [2.75, 3.05) is 13.2 Å². The second kappa shape index (κ2) is 11.9. The third-order valence-corrected chi connectivity index (χ3v) is 7.11. The molecule has 4 aromatic rings. The molecule has 2 unspecified atom stereocenters. The Hall–Kier alpha value is -3.59. The van der Waals surface area contributed by atoms with E-state index in [1.807, 2.05) is 72.3 Å². The molecule has 0 radical (unpaired) electrons. The third kappa shape index (κ3) is 6.15. The molecule has 4 N–H and O–H groups in total. The average molecular weight is 505 g/mol. The van der Waals surface area contributed by atoms with Crippen LogP contribution in [0, 0.1) is 0 Å². The molecule has 0 saturated heterocycles. The van der Waals surface area contributed by atoms with Crippen molar-refractivity contribution in [3.05, 3.63) is 101 Å². The molecule has 0 aliphatic rings. The first-order valence-electron chi connectivity index (χ1n) is 11.8. The number of amides is 2. The van der Waals surface area contributed by atoms with Crippen LogP contribution in [0.5, 0.6) is 0 Å². The lowest BCUT2D eigenvalue weighted by molar-refractivity contribution is -0.642. The maximum Gasteiger partial charge on any atom is 0.269 e. The zero-order valence-corrected chi connectivity index (χ0v) is 20.9. The van der Waals surface area contributed by atoms with Crippen LogP contribution in [-0.2, 0) is 19.9 Å². The van der Waals surface area contributed by atoms with Crippen LogP contribution in [0.15, 0.2) is 78.3 Å². The number of carbonyl (C=O) groups is 2. The smallest absolute Gasteiger partial charge is 0.269 e. The molecule has 0 fully saturated rings. The van der Waals surface area contributed by atoms with Gasteiger partial charge in [-0.3, -0.25) is 9.59 Å². The monoisotopic (exact) mass is 504 g/mol. The summed E-state index contributed by atoms with van der Waals surface area (Å²) < 4.78 is 1.82. The van der Waals surface area contributed by atoms with Gasteiger partial charge >= 0.3 is 0 Å². The van der Waals surface area contributed by atoms with Crippen LogP contribution >= 0.6 is 11.3 Å². The SMILES string of the molecule is C[n+]1cc(C(=O)NC(CO)Cc2ccccc2)cc2c(C(=O)NC(CO)Cc3ccccc3)csc21. The lowest BCUT2D eigenvalue weighted by Crippen LogP contribution is -2.40.